The molecule has 0 aromatic rings. The van der Waals surface area contributed by atoms with Crippen LogP contribution in [0, 0.1) is 0 Å². The van der Waals surface area contributed by atoms with Crippen molar-refractivity contribution in [2.45, 2.75) is 25.9 Å². The minimum absolute atomic E-state index is 0.116. The second kappa shape index (κ2) is 8.89. The number of unbranched alkanes of at least 4 members (excludes halogenated alkanes) is 1. The first-order valence-corrected chi connectivity index (χ1v) is 6.98. The Kier molecular flexibility index (Phi) is 8.77. The highest BCUT2D eigenvalue weighted by Crippen LogP contribution is 1.90. The van der Waals surface area contributed by atoms with Crippen LogP contribution in [0.1, 0.15) is 19.8 Å². The lowest BCUT2D eigenvalue weighted by atomic mass is 10.3. The first kappa shape index (κ1) is 15.8. The van der Waals surface area contributed by atoms with Crippen LogP contribution < -0.4 is 5.32 Å². The summed E-state index contributed by atoms with van der Waals surface area (Å²) in [4.78, 5) is 0. The molecule has 6 nitrogen and oxygen atoms in total. The maximum absolute atomic E-state index is 10.3. The maximum atomic E-state index is 10.3. The van der Waals surface area contributed by atoms with Crippen molar-refractivity contribution in [3.63, 3.8) is 0 Å². The number of aliphatic hydroxyl groups excluding tert-OH is 1. The third-order valence-corrected chi connectivity index (χ3v) is 2.59. The number of aliphatic hydroxyl groups is 1. The summed E-state index contributed by atoms with van der Waals surface area (Å²) in [6.45, 7) is 3.28. The molecule has 0 bridgehead atoms. The summed E-state index contributed by atoms with van der Waals surface area (Å²) in [6, 6.07) is 0. The standard InChI is InChI=1S/C9H21NO5S/c1-2-3-5-15-8-9(11)7-10-4-6-16(12,13)14/h9-11H,2-8H2,1H3,(H,12,13,14). The van der Waals surface area contributed by atoms with E-state index in [1.165, 1.54) is 0 Å². The van der Waals surface area contributed by atoms with Crippen molar-refractivity contribution in [1.82, 2.24) is 5.32 Å². The van der Waals surface area contributed by atoms with Crippen molar-refractivity contribution in [2.24, 2.45) is 0 Å². The van der Waals surface area contributed by atoms with Gasteiger partial charge in [-0.25, -0.2) is 0 Å². The molecule has 0 spiro atoms. The molecule has 98 valence electrons. The topological polar surface area (TPSA) is 95.9 Å². The van der Waals surface area contributed by atoms with E-state index >= 15 is 0 Å². The van der Waals surface area contributed by atoms with Gasteiger partial charge in [-0.1, -0.05) is 13.3 Å². The Morgan fingerprint density at radius 2 is 2.12 bits per heavy atom. The molecular weight excluding hydrogens is 234 g/mol. The molecule has 0 saturated carbocycles. The summed E-state index contributed by atoms with van der Waals surface area (Å²) < 4.78 is 34.3. The molecule has 0 aromatic heterocycles. The van der Waals surface area contributed by atoms with Crippen LogP contribution in [0.5, 0.6) is 0 Å². The Bertz CT molecular complexity index is 255. The van der Waals surface area contributed by atoms with E-state index < -0.39 is 16.2 Å². The van der Waals surface area contributed by atoms with E-state index in [2.05, 4.69) is 12.2 Å². The largest absolute Gasteiger partial charge is 0.389 e. The molecule has 0 aliphatic rings. The van der Waals surface area contributed by atoms with Crippen LogP contribution in [0.2, 0.25) is 0 Å². The van der Waals surface area contributed by atoms with E-state index in [1.807, 2.05) is 0 Å². The Morgan fingerprint density at radius 1 is 1.44 bits per heavy atom. The van der Waals surface area contributed by atoms with Crippen molar-refractivity contribution in [1.29, 1.82) is 0 Å². The minimum Gasteiger partial charge on any atom is -0.389 e. The van der Waals surface area contributed by atoms with Crippen LogP contribution in [0.25, 0.3) is 0 Å². The van der Waals surface area contributed by atoms with Gasteiger partial charge in [-0.3, -0.25) is 4.55 Å². The van der Waals surface area contributed by atoms with E-state index in [-0.39, 0.29) is 25.4 Å². The van der Waals surface area contributed by atoms with Gasteiger partial charge < -0.3 is 15.2 Å². The first-order valence-electron chi connectivity index (χ1n) is 5.37. The van der Waals surface area contributed by atoms with Gasteiger partial charge in [0.15, 0.2) is 0 Å². The highest BCUT2D eigenvalue weighted by Gasteiger charge is 2.06. The Morgan fingerprint density at radius 3 is 2.69 bits per heavy atom. The van der Waals surface area contributed by atoms with Gasteiger partial charge in [0.1, 0.15) is 0 Å². The zero-order valence-corrected chi connectivity index (χ0v) is 10.4. The van der Waals surface area contributed by atoms with Crippen LogP contribution in [-0.4, -0.2) is 56.2 Å². The molecule has 1 unspecified atom stereocenters. The summed E-state index contributed by atoms with van der Waals surface area (Å²) in [5, 5.41) is 12.1. The van der Waals surface area contributed by atoms with Crippen molar-refractivity contribution in [2.75, 3.05) is 32.1 Å². The third kappa shape index (κ3) is 11.9. The lowest BCUT2D eigenvalue weighted by molar-refractivity contribution is 0.0362. The molecule has 0 aliphatic carbocycles. The van der Waals surface area contributed by atoms with Gasteiger partial charge in [-0.2, -0.15) is 8.42 Å². The lowest BCUT2D eigenvalue weighted by Gasteiger charge is -2.11. The number of hydrogen-bond donors (Lipinski definition) is 3. The second-order valence-corrected chi connectivity index (χ2v) is 5.14. The number of hydrogen-bond acceptors (Lipinski definition) is 5. The summed E-state index contributed by atoms with van der Waals surface area (Å²) in [5.74, 6) is -0.351. The van der Waals surface area contributed by atoms with Gasteiger partial charge in [0.05, 0.1) is 18.5 Å². The quantitative estimate of drug-likeness (QED) is 0.364. The Hall–Kier alpha value is -0.210. The molecule has 7 heteroatoms. The van der Waals surface area contributed by atoms with E-state index in [4.69, 9.17) is 9.29 Å². The molecule has 0 heterocycles. The van der Waals surface area contributed by atoms with Gasteiger partial charge in [-0.05, 0) is 6.42 Å². The average Bonchev–Trinajstić information content (AvgIpc) is 2.18. The average molecular weight is 255 g/mol. The fraction of sp³-hybridized carbons (Fsp3) is 1.00. The fourth-order valence-corrected chi connectivity index (χ4v) is 1.40. The summed E-state index contributed by atoms with van der Waals surface area (Å²) >= 11 is 0. The van der Waals surface area contributed by atoms with Gasteiger partial charge >= 0.3 is 0 Å². The number of nitrogens with one attached hydrogen (secondary N) is 1. The van der Waals surface area contributed by atoms with E-state index in [9.17, 15) is 13.5 Å². The molecule has 3 N–H and O–H groups in total. The van der Waals surface area contributed by atoms with Crippen molar-refractivity contribution >= 4 is 10.1 Å². The molecule has 0 fully saturated rings. The van der Waals surface area contributed by atoms with Crippen LogP contribution in [-0.2, 0) is 14.9 Å². The SMILES string of the molecule is CCCCOCC(O)CNCCS(=O)(=O)O. The van der Waals surface area contributed by atoms with Gasteiger partial charge in [0.2, 0.25) is 0 Å². The van der Waals surface area contributed by atoms with E-state index in [1.54, 1.807) is 0 Å². The minimum atomic E-state index is -3.92. The number of ether oxygens (including phenoxy) is 1. The summed E-state index contributed by atoms with van der Waals surface area (Å²) in [6.07, 6.45) is 1.35. The molecule has 0 aliphatic heterocycles. The monoisotopic (exact) mass is 255 g/mol. The molecular formula is C9H21NO5S. The number of rotatable bonds is 10. The summed E-state index contributed by atoms with van der Waals surface area (Å²) in [7, 11) is -3.92. The lowest BCUT2D eigenvalue weighted by Crippen LogP contribution is -2.33. The maximum Gasteiger partial charge on any atom is 0.266 e. The molecule has 0 saturated heterocycles. The van der Waals surface area contributed by atoms with E-state index in [0.717, 1.165) is 12.8 Å². The normalized spacial score (nSPS) is 13.9. The van der Waals surface area contributed by atoms with Gasteiger partial charge in [0, 0.05) is 19.7 Å². The molecule has 0 amide bonds. The van der Waals surface area contributed by atoms with Crippen LogP contribution in [0.4, 0.5) is 0 Å². The smallest absolute Gasteiger partial charge is 0.266 e. The van der Waals surface area contributed by atoms with Crippen molar-refractivity contribution in [3.8, 4) is 0 Å². The first-order chi connectivity index (χ1) is 7.45. The molecule has 0 aromatic carbocycles. The van der Waals surface area contributed by atoms with Gasteiger partial charge in [0.25, 0.3) is 10.1 Å². The molecule has 0 rings (SSSR count). The Balaban J connectivity index is 3.33. The highest BCUT2D eigenvalue weighted by molar-refractivity contribution is 7.85. The highest BCUT2D eigenvalue weighted by atomic mass is 32.2. The third-order valence-electron chi connectivity index (χ3n) is 1.87. The molecule has 16 heavy (non-hydrogen) atoms. The predicted octanol–water partition coefficient (Wildman–Crippen LogP) is -0.359. The van der Waals surface area contributed by atoms with E-state index in [0.29, 0.717) is 6.61 Å². The second-order valence-electron chi connectivity index (χ2n) is 3.57. The fourth-order valence-electron chi connectivity index (χ4n) is 0.995. The van der Waals surface area contributed by atoms with Crippen LogP contribution >= 0.6 is 0 Å². The molecule has 1 atom stereocenters. The van der Waals surface area contributed by atoms with Crippen LogP contribution in [0.3, 0.4) is 0 Å². The Labute approximate surface area is 96.7 Å². The molecule has 0 radical (unpaired) electrons. The zero-order chi connectivity index (χ0) is 12.4. The zero-order valence-electron chi connectivity index (χ0n) is 9.55. The van der Waals surface area contributed by atoms with Crippen LogP contribution in [0.15, 0.2) is 0 Å². The van der Waals surface area contributed by atoms with Gasteiger partial charge in [-0.15, -0.1) is 0 Å². The summed E-state index contributed by atoms with van der Waals surface area (Å²) in [5.41, 5.74) is 0. The van der Waals surface area contributed by atoms with Crippen molar-refractivity contribution < 1.29 is 22.8 Å². The predicted molar refractivity (Wildman–Crippen MR) is 61.0 cm³/mol. The van der Waals surface area contributed by atoms with Crippen molar-refractivity contribution in [3.05, 3.63) is 0 Å².